The van der Waals surface area contributed by atoms with Gasteiger partial charge in [-0.3, -0.25) is 4.79 Å². The Morgan fingerprint density at radius 3 is 2.13 bits per heavy atom. The number of carbonyl (C=O) groups excluding carboxylic acids is 1. The van der Waals surface area contributed by atoms with E-state index in [1.807, 2.05) is 61.5 Å². The lowest BCUT2D eigenvalue weighted by molar-refractivity contribution is -0.130. The molecule has 0 fully saturated rings. The maximum atomic E-state index is 13.1. The van der Waals surface area contributed by atoms with Crippen molar-refractivity contribution in [2.24, 2.45) is 0 Å². The van der Waals surface area contributed by atoms with Crippen LogP contribution in [0, 0.1) is 6.92 Å². The highest BCUT2D eigenvalue weighted by Gasteiger charge is 2.40. The van der Waals surface area contributed by atoms with Gasteiger partial charge in [-0.25, -0.2) is 0 Å². The number of aliphatic hydroxyl groups excluding tert-OH is 1. The molecular weight excluding hydrogens is 370 g/mol. The molecule has 0 unspecified atom stereocenters. The molecule has 1 amide bonds. The third-order valence-electron chi connectivity index (χ3n) is 5.78. The van der Waals surface area contributed by atoms with Crippen molar-refractivity contribution in [1.82, 2.24) is 4.90 Å². The van der Waals surface area contributed by atoms with Gasteiger partial charge in [-0.05, 0) is 35.1 Å². The highest BCUT2D eigenvalue weighted by molar-refractivity contribution is 6.05. The molecule has 3 nitrogen and oxygen atoms in total. The molecule has 1 aliphatic rings. The summed E-state index contributed by atoms with van der Waals surface area (Å²) >= 11 is 0. The van der Waals surface area contributed by atoms with Gasteiger partial charge in [-0.1, -0.05) is 98.3 Å². The summed E-state index contributed by atoms with van der Waals surface area (Å²) in [5.74, 6) is -0.0507. The van der Waals surface area contributed by atoms with E-state index in [4.69, 9.17) is 0 Å². The SMILES string of the molecule is Cc1ccc(C2=C(O)C(=O)N(Cc3ccccc3)[C@@H]2c2ccc(C(C)C)cc2)cc1. The van der Waals surface area contributed by atoms with Crippen LogP contribution in [0.3, 0.4) is 0 Å². The number of rotatable bonds is 5. The summed E-state index contributed by atoms with van der Waals surface area (Å²) in [6, 6.07) is 26.0. The molecular formula is C27H27NO2. The zero-order valence-electron chi connectivity index (χ0n) is 17.7. The van der Waals surface area contributed by atoms with Crippen molar-refractivity contribution in [3.63, 3.8) is 0 Å². The average molecular weight is 398 g/mol. The molecule has 3 heteroatoms. The maximum absolute atomic E-state index is 13.1. The minimum absolute atomic E-state index is 0.160. The van der Waals surface area contributed by atoms with Gasteiger partial charge in [0.15, 0.2) is 5.76 Å². The van der Waals surface area contributed by atoms with Crippen molar-refractivity contribution < 1.29 is 9.90 Å². The largest absolute Gasteiger partial charge is 0.503 e. The molecule has 1 heterocycles. The molecule has 0 saturated carbocycles. The van der Waals surface area contributed by atoms with Gasteiger partial charge in [-0.2, -0.15) is 0 Å². The Kier molecular flexibility index (Phi) is 5.45. The van der Waals surface area contributed by atoms with Crippen LogP contribution in [0.25, 0.3) is 5.57 Å². The average Bonchev–Trinajstić information content (AvgIpc) is 3.00. The first-order valence-electron chi connectivity index (χ1n) is 10.4. The number of hydrogen-bond donors (Lipinski definition) is 1. The van der Waals surface area contributed by atoms with Crippen LogP contribution in [0.15, 0.2) is 84.6 Å². The molecule has 0 saturated heterocycles. The van der Waals surface area contributed by atoms with Crippen LogP contribution in [0.4, 0.5) is 0 Å². The minimum Gasteiger partial charge on any atom is -0.503 e. The van der Waals surface area contributed by atoms with Crippen LogP contribution >= 0.6 is 0 Å². The van der Waals surface area contributed by atoms with Crippen molar-refractivity contribution >= 4 is 11.5 Å². The predicted molar refractivity (Wildman–Crippen MR) is 121 cm³/mol. The van der Waals surface area contributed by atoms with Gasteiger partial charge in [0.05, 0.1) is 6.04 Å². The lowest BCUT2D eigenvalue weighted by atomic mass is 9.91. The van der Waals surface area contributed by atoms with E-state index in [0.29, 0.717) is 18.0 Å². The lowest BCUT2D eigenvalue weighted by Gasteiger charge is -2.28. The molecule has 30 heavy (non-hydrogen) atoms. The van der Waals surface area contributed by atoms with Gasteiger partial charge in [0, 0.05) is 12.1 Å². The molecule has 0 aliphatic carbocycles. The summed E-state index contributed by atoms with van der Waals surface area (Å²) in [6.45, 7) is 6.80. The van der Waals surface area contributed by atoms with Gasteiger partial charge in [0.25, 0.3) is 5.91 Å². The van der Waals surface area contributed by atoms with Crippen LogP contribution in [0.5, 0.6) is 0 Å². The number of aryl methyl sites for hydroxylation is 1. The first-order valence-corrected chi connectivity index (χ1v) is 10.4. The van der Waals surface area contributed by atoms with E-state index in [0.717, 1.165) is 22.3 Å². The number of benzene rings is 3. The van der Waals surface area contributed by atoms with E-state index in [-0.39, 0.29) is 17.7 Å². The fourth-order valence-electron chi connectivity index (χ4n) is 4.03. The molecule has 152 valence electrons. The van der Waals surface area contributed by atoms with Crippen LogP contribution in [-0.2, 0) is 11.3 Å². The van der Waals surface area contributed by atoms with Gasteiger partial charge >= 0.3 is 0 Å². The zero-order valence-corrected chi connectivity index (χ0v) is 17.7. The number of amides is 1. The summed E-state index contributed by atoms with van der Waals surface area (Å²) in [7, 11) is 0. The van der Waals surface area contributed by atoms with E-state index >= 15 is 0 Å². The quantitative estimate of drug-likeness (QED) is 0.559. The van der Waals surface area contributed by atoms with Gasteiger partial charge < -0.3 is 10.0 Å². The number of carbonyl (C=O) groups is 1. The van der Waals surface area contributed by atoms with E-state index < -0.39 is 0 Å². The first kappa shape index (κ1) is 20.0. The van der Waals surface area contributed by atoms with Crippen molar-refractivity contribution in [3.05, 3.63) is 112 Å². The number of hydrogen-bond acceptors (Lipinski definition) is 2. The molecule has 0 radical (unpaired) electrons. The van der Waals surface area contributed by atoms with Crippen molar-refractivity contribution in [2.75, 3.05) is 0 Å². The summed E-state index contributed by atoms with van der Waals surface area (Å²) in [6.07, 6.45) is 0. The number of aliphatic hydroxyl groups is 1. The second-order valence-corrected chi connectivity index (χ2v) is 8.27. The first-order chi connectivity index (χ1) is 14.5. The molecule has 3 aromatic rings. The summed E-state index contributed by atoms with van der Waals surface area (Å²) in [5.41, 5.74) is 5.98. The zero-order chi connectivity index (χ0) is 21.3. The molecule has 1 atom stereocenters. The molecule has 1 aliphatic heterocycles. The highest BCUT2D eigenvalue weighted by Crippen LogP contribution is 2.44. The van der Waals surface area contributed by atoms with E-state index in [9.17, 15) is 9.90 Å². The summed E-state index contributed by atoms with van der Waals surface area (Å²) in [5, 5.41) is 10.9. The van der Waals surface area contributed by atoms with Crippen LogP contribution in [-0.4, -0.2) is 15.9 Å². The monoisotopic (exact) mass is 397 g/mol. The van der Waals surface area contributed by atoms with Crippen molar-refractivity contribution in [1.29, 1.82) is 0 Å². The lowest BCUT2D eigenvalue weighted by Crippen LogP contribution is -2.29. The molecule has 1 N–H and O–H groups in total. The molecule has 0 bridgehead atoms. The molecule has 0 aromatic heterocycles. The Bertz CT molecular complexity index is 1060. The normalized spacial score (nSPS) is 16.6. The standard InChI is InChI=1S/C27H27NO2/c1-18(2)21-13-15-23(16-14-21)25-24(22-11-9-19(3)10-12-22)26(29)27(30)28(25)17-20-7-5-4-6-8-20/h4-16,18,25,29H,17H2,1-3H3/t25-/m1/s1. The highest BCUT2D eigenvalue weighted by atomic mass is 16.3. The summed E-state index contributed by atoms with van der Waals surface area (Å²) < 4.78 is 0. The smallest absolute Gasteiger partial charge is 0.290 e. The van der Waals surface area contributed by atoms with Crippen LogP contribution in [0.2, 0.25) is 0 Å². The van der Waals surface area contributed by atoms with E-state index in [2.05, 4.69) is 38.1 Å². The fraction of sp³-hybridized carbons (Fsp3) is 0.222. The summed E-state index contributed by atoms with van der Waals surface area (Å²) in [4.78, 5) is 14.9. The Balaban J connectivity index is 1.80. The predicted octanol–water partition coefficient (Wildman–Crippen LogP) is 6.17. The Morgan fingerprint density at radius 2 is 1.53 bits per heavy atom. The van der Waals surface area contributed by atoms with Gasteiger partial charge in [-0.15, -0.1) is 0 Å². The van der Waals surface area contributed by atoms with E-state index in [1.165, 1.54) is 5.56 Å². The van der Waals surface area contributed by atoms with Crippen molar-refractivity contribution in [2.45, 2.75) is 39.3 Å². The Labute approximate surface area is 178 Å². The molecule has 4 rings (SSSR count). The Hall–Kier alpha value is -3.33. The fourth-order valence-corrected chi connectivity index (χ4v) is 4.03. The van der Waals surface area contributed by atoms with Gasteiger partial charge in [0.2, 0.25) is 0 Å². The second-order valence-electron chi connectivity index (χ2n) is 8.27. The molecule has 0 spiro atoms. The van der Waals surface area contributed by atoms with E-state index in [1.54, 1.807) is 4.90 Å². The molecule has 3 aromatic carbocycles. The third-order valence-corrected chi connectivity index (χ3v) is 5.78. The van der Waals surface area contributed by atoms with Crippen LogP contribution in [0.1, 0.15) is 53.6 Å². The van der Waals surface area contributed by atoms with Gasteiger partial charge in [0.1, 0.15) is 0 Å². The second kappa shape index (κ2) is 8.19. The van der Waals surface area contributed by atoms with Crippen molar-refractivity contribution in [3.8, 4) is 0 Å². The Morgan fingerprint density at radius 1 is 0.900 bits per heavy atom. The maximum Gasteiger partial charge on any atom is 0.290 e. The minimum atomic E-state index is -0.332. The third kappa shape index (κ3) is 3.76. The number of nitrogens with zero attached hydrogens (tertiary/aromatic N) is 1. The topological polar surface area (TPSA) is 40.5 Å². The van der Waals surface area contributed by atoms with Crippen LogP contribution < -0.4 is 0 Å².